The molecule has 0 saturated carbocycles. The number of aromatic nitrogens is 1. The van der Waals surface area contributed by atoms with Crippen LogP contribution in [-0.2, 0) is 11.2 Å². The predicted molar refractivity (Wildman–Crippen MR) is 92.8 cm³/mol. The molecule has 1 aromatic rings. The lowest BCUT2D eigenvalue weighted by Crippen LogP contribution is -2.34. The molecular formula is C18H29N3O2. The van der Waals surface area contributed by atoms with Gasteiger partial charge in [-0.1, -0.05) is 33.8 Å². The van der Waals surface area contributed by atoms with E-state index in [0.717, 1.165) is 37.4 Å². The topological polar surface area (TPSA) is 65.5 Å². The quantitative estimate of drug-likeness (QED) is 0.843. The van der Waals surface area contributed by atoms with Crippen LogP contribution in [0, 0.1) is 11.3 Å². The normalized spacial score (nSPS) is 19.8. The molecule has 1 aromatic heterocycles. The number of carbonyl (C=O) groups is 1. The summed E-state index contributed by atoms with van der Waals surface area (Å²) < 4.78 is 0. The Bertz CT molecular complexity index is 539. The Morgan fingerprint density at radius 3 is 2.87 bits per heavy atom. The molecule has 1 fully saturated rings. The molecule has 0 amide bonds. The van der Waals surface area contributed by atoms with Gasteiger partial charge in [0.05, 0.1) is 5.92 Å². The number of carboxylic acid groups (broad SMARTS) is 1. The third-order valence-electron chi connectivity index (χ3n) is 4.62. The Morgan fingerprint density at radius 2 is 2.26 bits per heavy atom. The average Bonchev–Trinajstić information content (AvgIpc) is 2.92. The molecule has 0 spiro atoms. The number of hydrogen-bond donors (Lipinski definition) is 2. The van der Waals surface area contributed by atoms with Gasteiger partial charge in [0, 0.05) is 25.3 Å². The Balaban J connectivity index is 2.19. The van der Waals surface area contributed by atoms with E-state index >= 15 is 0 Å². The maximum absolute atomic E-state index is 11.7. The fourth-order valence-electron chi connectivity index (χ4n) is 3.27. The van der Waals surface area contributed by atoms with Crippen molar-refractivity contribution < 1.29 is 9.90 Å². The molecule has 23 heavy (non-hydrogen) atoms. The van der Waals surface area contributed by atoms with Gasteiger partial charge in [-0.05, 0) is 36.4 Å². The van der Waals surface area contributed by atoms with Gasteiger partial charge in [0.2, 0.25) is 0 Å². The largest absolute Gasteiger partial charge is 0.481 e. The summed E-state index contributed by atoms with van der Waals surface area (Å²) in [6, 6.07) is 4.41. The van der Waals surface area contributed by atoms with Gasteiger partial charge >= 0.3 is 5.97 Å². The van der Waals surface area contributed by atoms with Gasteiger partial charge in [-0.3, -0.25) is 4.79 Å². The van der Waals surface area contributed by atoms with Crippen molar-refractivity contribution >= 4 is 11.8 Å². The van der Waals surface area contributed by atoms with Gasteiger partial charge in [-0.25, -0.2) is 4.98 Å². The third-order valence-corrected chi connectivity index (χ3v) is 4.62. The molecule has 1 unspecified atom stereocenters. The van der Waals surface area contributed by atoms with Crippen LogP contribution < -0.4 is 10.2 Å². The van der Waals surface area contributed by atoms with E-state index in [4.69, 9.17) is 0 Å². The van der Waals surface area contributed by atoms with E-state index in [9.17, 15) is 9.90 Å². The molecule has 0 aromatic carbocycles. The first-order valence-corrected chi connectivity index (χ1v) is 8.48. The highest BCUT2D eigenvalue weighted by atomic mass is 16.4. The Kier molecular flexibility index (Phi) is 5.63. The van der Waals surface area contributed by atoms with Crippen molar-refractivity contribution in [2.24, 2.45) is 11.3 Å². The Morgan fingerprint density at radius 1 is 1.52 bits per heavy atom. The summed E-state index contributed by atoms with van der Waals surface area (Å²) in [6.45, 7) is 10.9. The van der Waals surface area contributed by atoms with Crippen LogP contribution in [0.1, 0.15) is 39.7 Å². The van der Waals surface area contributed by atoms with E-state index in [1.807, 2.05) is 32.9 Å². The molecule has 1 aliphatic rings. The third kappa shape index (κ3) is 4.44. The van der Waals surface area contributed by atoms with E-state index < -0.39 is 11.9 Å². The second kappa shape index (κ2) is 7.30. The summed E-state index contributed by atoms with van der Waals surface area (Å²) in [4.78, 5) is 18.5. The summed E-state index contributed by atoms with van der Waals surface area (Å²) in [5.74, 6) is -0.208. The van der Waals surface area contributed by atoms with E-state index in [2.05, 4.69) is 22.1 Å². The Labute approximate surface area is 139 Å². The van der Waals surface area contributed by atoms with Crippen LogP contribution in [0.2, 0.25) is 0 Å². The first-order valence-electron chi connectivity index (χ1n) is 8.48. The van der Waals surface area contributed by atoms with Crippen molar-refractivity contribution in [1.82, 2.24) is 10.3 Å². The molecule has 2 rings (SSSR count). The maximum Gasteiger partial charge on any atom is 0.307 e. The molecule has 1 saturated heterocycles. The van der Waals surface area contributed by atoms with Gasteiger partial charge in [0.15, 0.2) is 0 Å². The summed E-state index contributed by atoms with van der Waals surface area (Å²) in [5, 5.41) is 13.1. The minimum atomic E-state index is -0.737. The molecule has 2 atom stereocenters. The average molecular weight is 319 g/mol. The number of hydrogen-bond acceptors (Lipinski definition) is 4. The van der Waals surface area contributed by atoms with Crippen LogP contribution in [0.3, 0.4) is 0 Å². The number of anilines is 1. The number of nitrogens with zero attached hydrogens (tertiary/aromatic N) is 2. The van der Waals surface area contributed by atoms with Gasteiger partial charge in [0.25, 0.3) is 0 Å². The van der Waals surface area contributed by atoms with Gasteiger partial charge in [-0.2, -0.15) is 0 Å². The smallest absolute Gasteiger partial charge is 0.307 e. The summed E-state index contributed by atoms with van der Waals surface area (Å²) >= 11 is 0. The molecule has 2 heterocycles. The number of rotatable bonds is 6. The van der Waals surface area contributed by atoms with Crippen molar-refractivity contribution in [3.05, 3.63) is 23.9 Å². The van der Waals surface area contributed by atoms with E-state index in [1.54, 1.807) is 6.20 Å². The molecule has 2 N–H and O–H groups in total. The zero-order chi connectivity index (χ0) is 17.0. The zero-order valence-corrected chi connectivity index (χ0v) is 14.7. The standard InChI is InChI=1S/C18H29N3O2/c1-5-19-14-8-10-21(12-14)16-13(7-6-9-20-16)11-15(17(22)23)18(2,3)4/h6-7,9,14-15,19H,5,8,10-12H2,1-4H3,(H,22,23)/t14-,15?/m1/s1. The molecule has 0 radical (unpaired) electrons. The monoisotopic (exact) mass is 319 g/mol. The minimum Gasteiger partial charge on any atom is -0.481 e. The second-order valence-corrected chi connectivity index (χ2v) is 7.44. The number of aliphatic carboxylic acids is 1. The van der Waals surface area contributed by atoms with Gasteiger partial charge in [-0.15, -0.1) is 0 Å². The summed E-state index contributed by atoms with van der Waals surface area (Å²) in [7, 11) is 0. The van der Waals surface area contributed by atoms with E-state index in [-0.39, 0.29) is 5.41 Å². The van der Waals surface area contributed by atoms with E-state index in [0.29, 0.717) is 12.5 Å². The van der Waals surface area contributed by atoms with Gasteiger partial charge < -0.3 is 15.3 Å². The number of pyridine rings is 1. The highest BCUT2D eigenvalue weighted by Crippen LogP contribution is 2.32. The van der Waals surface area contributed by atoms with Crippen molar-refractivity contribution in [3.63, 3.8) is 0 Å². The first kappa shape index (κ1) is 17.7. The van der Waals surface area contributed by atoms with Crippen molar-refractivity contribution in [2.45, 2.75) is 46.6 Å². The minimum absolute atomic E-state index is 0.281. The molecule has 0 aliphatic carbocycles. The van der Waals surface area contributed by atoms with Crippen molar-refractivity contribution in [2.75, 3.05) is 24.5 Å². The number of carboxylic acids is 1. The molecule has 0 bridgehead atoms. The first-order chi connectivity index (χ1) is 10.8. The molecule has 1 aliphatic heterocycles. The van der Waals surface area contributed by atoms with Crippen LogP contribution in [0.5, 0.6) is 0 Å². The zero-order valence-electron chi connectivity index (χ0n) is 14.7. The van der Waals surface area contributed by atoms with Gasteiger partial charge in [0.1, 0.15) is 5.82 Å². The van der Waals surface area contributed by atoms with Crippen LogP contribution >= 0.6 is 0 Å². The molecule has 5 heteroatoms. The maximum atomic E-state index is 11.7. The fourth-order valence-corrected chi connectivity index (χ4v) is 3.27. The lowest BCUT2D eigenvalue weighted by molar-refractivity contribution is -0.145. The Hall–Kier alpha value is -1.62. The number of likely N-dealkylation sites (N-methyl/N-ethyl adjacent to an activating group) is 1. The van der Waals surface area contributed by atoms with E-state index in [1.165, 1.54) is 0 Å². The predicted octanol–water partition coefficient (Wildman–Crippen LogP) is 2.56. The second-order valence-electron chi connectivity index (χ2n) is 7.44. The summed E-state index contributed by atoms with van der Waals surface area (Å²) in [5.41, 5.74) is 0.753. The van der Waals surface area contributed by atoms with Crippen molar-refractivity contribution in [3.8, 4) is 0 Å². The van der Waals surface area contributed by atoms with Crippen LogP contribution in [0.4, 0.5) is 5.82 Å². The van der Waals surface area contributed by atoms with Crippen molar-refractivity contribution in [1.29, 1.82) is 0 Å². The van der Waals surface area contributed by atoms with Crippen LogP contribution in [0.15, 0.2) is 18.3 Å². The highest BCUT2D eigenvalue weighted by Gasteiger charge is 2.33. The molecule has 128 valence electrons. The SMILES string of the molecule is CCN[C@@H]1CCN(c2ncccc2CC(C(=O)O)C(C)(C)C)C1. The highest BCUT2D eigenvalue weighted by molar-refractivity contribution is 5.71. The van der Waals surface area contributed by atoms with Crippen LogP contribution in [0.25, 0.3) is 0 Å². The fraction of sp³-hybridized carbons (Fsp3) is 0.667. The van der Waals surface area contributed by atoms with Crippen LogP contribution in [-0.4, -0.2) is 41.7 Å². The summed E-state index contributed by atoms with van der Waals surface area (Å²) in [6.07, 6.45) is 3.42. The lowest BCUT2D eigenvalue weighted by atomic mass is 9.77. The lowest BCUT2D eigenvalue weighted by Gasteiger charge is -2.29. The molecule has 5 nitrogen and oxygen atoms in total. The number of nitrogens with one attached hydrogen (secondary N) is 1. The molecular weight excluding hydrogens is 290 g/mol.